The summed E-state index contributed by atoms with van der Waals surface area (Å²) in [6, 6.07) is 1.90. The van der Waals surface area contributed by atoms with Crippen molar-refractivity contribution in [3.05, 3.63) is 24.3 Å². The van der Waals surface area contributed by atoms with Crippen LogP contribution < -0.4 is 5.19 Å². The second kappa shape index (κ2) is 2.92. The Morgan fingerprint density at radius 3 is 2.71 bits per heavy atom. The highest BCUT2D eigenvalue weighted by atomic mass is 28.3. The van der Waals surface area contributed by atoms with Crippen molar-refractivity contribution in [1.29, 1.82) is 0 Å². The van der Waals surface area contributed by atoms with Crippen molar-refractivity contribution in [2.24, 2.45) is 0 Å². The molecule has 0 aliphatic rings. The topological polar surface area (TPSA) is 28.7 Å². The number of aromatic amines is 1. The standard InChI is InChI=1S/C10H13FN2Si/c1-14(2,3)9-7-4-5-12-10(7)13-6-8(9)11/h4-6H,1-3H3,(H,12,13). The number of H-pyrrole nitrogens is 1. The summed E-state index contributed by atoms with van der Waals surface area (Å²) in [5, 5.41) is 1.80. The molecule has 74 valence electrons. The van der Waals surface area contributed by atoms with Gasteiger partial charge in [-0.05, 0) is 11.3 Å². The molecule has 2 heterocycles. The van der Waals surface area contributed by atoms with Gasteiger partial charge in [0.15, 0.2) is 0 Å². The molecule has 0 aliphatic heterocycles. The van der Waals surface area contributed by atoms with Gasteiger partial charge in [-0.3, -0.25) is 0 Å². The minimum absolute atomic E-state index is 0.170. The zero-order valence-electron chi connectivity index (χ0n) is 8.56. The summed E-state index contributed by atoms with van der Waals surface area (Å²) in [5.41, 5.74) is 0.781. The number of fused-ring (bicyclic) bond motifs is 1. The molecule has 4 heteroatoms. The fraction of sp³-hybridized carbons (Fsp3) is 0.300. The quantitative estimate of drug-likeness (QED) is 0.715. The lowest BCUT2D eigenvalue weighted by molar-refractivity contribution is 0.631. The lowest BCUT2D eigenvalue weighted by Gasteiger charge is -2.18. The molecule has 0 bridgehead atoms. The van der Waals surface area contributed by atoms with Crippen LogP contribution in [-0.4, -0.2) is 18.0 Å². The maximum Gasteiger partial charge on any atom is 0.141 e. The number of rotatable bonds is 1. The van der Waals surface area contributed by atoms with Crippen molar-refractivity contribution in [2.45, 2.75) is 19.6 Å². The molecule has 0 unspecified atom stereocenters. The van der Waals surface area contributed by atoms with Crippen LogP contribution in [-0.2, 0) is 0 Å². The summed E-state index contributed by atoms with van der Waals surface area (Å²) >= 11 is 0. The molecule has 0 aromatic carbocycles. The van der Waals surface area contributed by atoms with Gasteiger partial charge in [0.25, 0.3) is 0 Å². The highest BCUT2D eigenvalue weighted by molar-refractivity contribution is 6.90. The number of hydrogen-bond acceptors (Lipinski definition) is 1. The molecule has 0 atom stereocenters. The Morgan fingerprint density at radius 1 is 1.36 bits per heavy atom. The molecule has 2 rings (SSSR count). The van der Waals surface area contributed by atoms with E-state index in [1.165, 1.54) is 6.20 Å². The van der Waals surface area contributed by atoms with Gasteiger partial charge in [0, 0.05) is 11.6 Å². The van der Waals surface area contributed by atoms with E-state index < -0.39 is 8.07 Å². The summed E-state index contributed by atoms with van der Waals surface area (Å²) < 4.78 is 13.7. The van der Waals surface area contributed by atoms with Crippen LogP contribution in [0.4, 0.5) is 4.39 Å². The lowest BCUT2D eigenvalue weighted by Crippen LogP contribution is -2.40. The van der Waals surface area contributed by atoms with Crippen LogP contribution in [0.2, 0.25) is 19.6 Å². The Balaban J connectivity index is 2.83. The van der Waals surface area contributed by atoms with Crippen molar-refractivity contribution in [3.63, 3.8) is 0 Å². The van der Waals surface area contributed by atoms with Crippen LogP contribution in [0.3, 0.4) is 0 Å². The van der Waals surface area contributed by atoms with Gasteiger partial charge in [0.1, 0.15) is 11.5 Å². The maximum atomic E-state index is 13.7. The zero-order chi connectivity index (χ0) is 10.3. The minimum Gasteiger partial charge on any atom is -0.346 e. The van der Waals surface area contributed by atoms with E-state index >= 15 is 0 Å². The monoisotopic (exact) mass is 208 g/mol. The third kappa shape index (κ3) is 1.35. The average Bonchev–Trinajstić information content (AvgIpc) is 2.48. The molecule has 0 spiro atoms. The van der Waals surface area contributed by atoms with Gasteiger partial charge in [-0.2, -0.15) is 0 Å². The summed E-state index contributed by atoms with van der Waals surface area (Å²) in [7, 11) is -1.64. The van der Waals surface area contributed by atoms with Crippen LogP contribution in [0, 0.1) is 5.82 Å². The van der Waals surface area contributed by atoms with Gasteiger partial charge in [-0.15, -0.1) is 0 Å². The molecular weight excluding hydrogens is 195 g/mol. The van der Waals surface area contributed by atoms with E-state index in [1.807, 2.05) is 6.07 Å². The molecule has 0 aliphatic carbocycles. The summed E-state index contributed by atoms with van der Waals surface area (Å²) in [4.78, 5) is 7.01. The van der Waals surface area contributed by atoms with E-state index in [2.05, 4.69) is 29.6 Å². The molecule has 0 fully saturated rings. The fourth-order valence-electron chi connectivity index (χ4n) is 1.75. The molecule has 0 amide bonds. The van der Waals surface area contributed by atoms with E-state index in [0.29, 0.717) is 0 Å². The summed E-state index contributed by atoms with van der Waals surface area (Å²) in [6.45, 7) is 6.41. The first-order chi connectivity index (χ1) is 6.50. The van der Waals surface area contributed by atoms with Gasteiger partial charge in [0.05, 0.1) is 14.3 Å². The Bertz CT molecular complexity index is 470. The van der Waals surface area contributed by atoms with Gasteiger partial charge in [-0.25, -0.2) is 9.37 Å². The molecule has 2 aromatic heterocycles. The normalized spacial score (nSPS) is 12.3. The predicted molar refractivity (Wildman–Crippen MR) is 59.0 cm³/mol. The Kier molecular flexibility index (Phi) is 1.96. The van der Waals surface area contributed by atoms with E-state index in [-0.39, 0.29) is 5.82 Å². The van der Waals surface area contributed by atoms with E-state index in [1.54, 1.807) is 6.20 Å². The number of halogens is 1. The predicted octanol–water partition coefficient (Wildman–Crippen LogP) is 2.25. The molecule has 2 nitrogen and oxygen atoms in total. The molecule has 0 saturated heterocycles. The Morgan fingerprint density at radius 2 is 2.07 bits per heavy atom. The fourth-order valence-corrected chi connectivity index (χ4v) is 3.54. The SMILES string of the molecule is C[Si](C)(C)c1c(F)cnc2[nH]ccc12. The number of nitrogens with zero attached hydrogens (tertiary/aromatic N) is 1. The molecule has 2 aromatic rings. The number of pyridine rings is 1. The van der Waals surface area contributed by atoms with Crippen LogP contribution >= 0.6 is 0 Å². The highest BCUT2D eigenvalue weighted by Crippen LogP contribution is 2.14. The van der Waals surface area contributed by atoms with E-state index in [9.17, 15) is 4.39 Å². The maximum absolute atomic E-state index is 13.7. The van der Waals surface area contributed by atoms with Crippen molar-refractivity contribution >= 4 is 24.3 Å². The van der Waals surface area contributed by atoms with Crippen molar-refractivity contribution in [3.8, 4) is 0 Å². The third-order valence-corrected chi connectivity index (χ3v) is 4.30. The van der Waals surface area contributed by atoms with Gasteiger partial charge in [-0.1, -0.05) is 19.6 Å². The van der Waals surface area contributed by atoms with Gasteiger partial charge in [0.2, 0.25) is 0 Å². The van der Waals surface area contributed by atoms with E-state index in [0.717, 1.165) is 16.2 Å². The number of hydrogen-bond donors (Lipinski definition) is 1. The van der Waals surface area contributed by atoms with Crippen LogP contribution in [0.25, 0.3) is 11.0 Å². The molecule has 14 heavy (non-hydrogen) atoms. The molecule has 1 N–H and O–H groups in total. The average molecular weight is 208 g/mol. The van der Waals surface area contributed by atoms with E-state index in [4.69, 9.17) is 0 Å². The summed E-state index contributed by atoms with van der Waals surface area (Å²) in [6.07, 6.45) is 3.12. The van der Waals surface area contributed by atoms with Crippen molar-refractivity contribution in [1.82, 2.24) is 9.97 Å². The largest absolute Gasteiger partial charge is 0.346 e. The Labute approximate surface area is 83.2 Å². The second-order valence-electron chi connectivity index (χ2n) is 4.47. The first-order valence-electron chi connectivity index (χ1n) is 4.62. The third-order valence-electron chi connectivity index (χ3n) is 2.29. The number of aromatic nitrogens is 2. The highest BCUT2D eigenvalue weighted by Gasteiger charge is 2.24. The first-order valence-corrected chi connectivity index (χ1v) is 8.12. The summed E-state index contributed by atoms with van der Waals surface area (Å²) in [5.74, 6) is -0.170. The Hall–Kier alpha value is -1.16. The van der Waals surface area contributed by atoms with Gasteiger partial charge >= 0.3 is 0 Å². The first kappa shape index (κ1) is 9.39. The minimum atomic E-state index is -1.64. The molecule has 0 radical (unpaired) electrons. The molecule has 0 saturated carbocycles. The van der Waals surface area contributed by atoms with Crippen LogP contribution in [0.5, 0.6) is 0 Å². The lowest BCUT2D eigenvalue weighted by atomic mass is 10.3. The smallest absolute Gasteiger partial charge is 0.141 e. The van der Waals surface area contributed by atoms with Crippen molar-refractivity contribution < 1.29 is 4.39 Å². The second-order valence-corrected chi connectivity index (χ2v) is 9.47. The zero-order valence-corrected chi connectivity index (χ0v) is 9.56. The van der Waals surface area contributed by atoms with Gasteiger partial charge < -0.3 is 4.98 Å². The number of nitrogens with one attached hydrogen (secondary N) is 1. The van der Waals surface area contributed by atoms with Crippen molar-refractivity contribution in [2.75, 3.05) is 0 Å². The van der Waals surface area contributed by atoms with Crippen LogP contribution in [0.1, 0.15) is 0 Å². The van der Waals surface area contributed by atoms with Crippen LogP contribution in [0.15, 0.2) is 18.5 Å². The molecular formula is C10H13FN2Si.